The van der Waals surface area contributed by atoms with Crippen molar-refractivity contribution in [3.63, 3.8) is 0 Å². The van der Waals surface area contributed by atoms with Gasteiger partial charge in [0.25, 0.3) is 0 Å². The van der Waals surface area contributed by atoms with Gasteiger partial charge in [0.05, 0.1) is 16.8 Å². The molecule has 1 aliphatic heterocycles. The van der Waals surface area contributed by atoms with Gasteiger partial charge in [-0.15, -0.1) is 0 Å². The van der Waals surface area contributed by atoms with Crippen LogP contribution in [0.5, 0.6) is 0 Å². The number of nitrogens with one attached hydrogen (secondary N) is 1. The molecule has 33 heavy (non-hydrogen) atoms. The molecule has 7 nitrogen and oxygen atoms in total. The number of aromatic nitrogens is 4. The molecule has 1 saturated heterocycles. The summed E-state index contributed by atoms with van der Waals surface area (Å²) in [7, 11) is 1.64. The van der Waals surface area contributed by atoms with Crippen molar-refractivity contribution in [2.45, 2.75) is 52.0 Å². The molecule has 1 N–H and O–H groups in total. The third kappa shape index (κ3) is 3.98. The fraction of sp³-hybridized carbons (Fsp3) is 0.500. The van der Waals surface area contributed by atoms with Crippen LogP contribution >= 0.6 is 0 Å². The number of nitrogens with zero attached hydrogens (tertiary/aromatic N) is 5. The normalized spacial score (nSPS) is 21.1. The van der Waals surface area contributed by atoms with Crippen LogP contribution in [0.25, 0.3) is 11.0 Å². The molecule has 0 bridgehead atoms. The molecule has 11 heteroatoms. The first kappa shape index (κ1) is 23.2. The number of benzene rings is 1. The fourth-order valence-corrected chi connectivity index (χ4v) is 4.81. The van der Waals surface area contributed by atoms with Crippen molar-refractivity contribution in [1.29, 1.82) is 0 Å². The Balaban J connectivity index is 1.68. The van der Waals surface area contributed by atoms with Gasteiger partial charge in [0.15, 0.2) is 11.3 Å². The molecule has 2 aromatic heterocycles. The lowest BCUT2D eigenvalue weighted by molar-refractivity contribution is -0.139. The summed E-state index contributed by atoms with van der Waals surface area (Å²) in [4.78, 5) is 20.7. The molecule has 0 amide bonds. The van der Waals surface area contributed by atoms with Crippen LogP contribution in [0.3, 0.4) is 0 Å². The maximum atomic E-state index is 13.6. The van der Waals surface area contributed by atoms with Crippen LogP contribution < -0.4 is 10.6 Å². The summed E-state index contributed by atoms with van der Waals surface area (Å²) >= 11 is 0. The lowest BCUT2D eigenvalue weighted by atomic mass is 9.96. The van der Waals surface area contributed by atoms with E-state index in [1.54, 1.807) is 14.0 Å². The molecule has 0 aliphatic carbocycles. The van der Waals surface area contributed by atoms with E-state index in [1.165, 1.54) is 10.6 Å². The summed E-state index contributed by atoms with van der Waals surface area (Å²) < 4.78 is 55.8. The van der Waals surface area contributed by atoms with E-state index in [2.05, 4.69) is 15.2 Å². The average Bonchev–Trinajstić information content (AvgIpc) is 3.13. The number of aromatic amines is 1. The van der Waals surface area contributed by atoms with Crippen molar-refractivity contribution < 1.29 is 17.6 Å². The molecule has 0 radical (unpaired) electrons. The van der Waals surface area contributed by atoms with Gasteiger partial charge in [-0.05, 0) is 45.4 Å². The summed E-state index contributed by atoms with van der Waals surface area (Å²) in [5.41, 5.74) is 0.665. The van der Waals surface area contributed by atoms with Crippen LogP contribution in [0.1, 0.15) is 43.6 Å². The van der Waals surface area contributed by atoms with Gasteiger partial charge in [-0.1, -0.05) is 6.07 Å². The van der Waals surface area contributed by atoms with Crippen LogP contribution in [-0.2, 0) is 13.2 Å². The van der Waals surface area contributed by atoms with Gasteiger partial charge in [-0.2, -0.15) is 23.3 Å². The number of anilines is 1. The van der Waals surface area contributed by atoms with E-state index in [4.69, 9.17) is 0 Å². The summed E-state index contributed by atoms with van der Waals surface area (Å²) in [5.74, 6) is -0.457. The van der Waals surface area contributed by atoms with E-state index < -0.39 is 29.3 Å². The monoisotopic (exact) mass is 466 g/mol. The maximum Gasteiger partial charge on any atom is 0.416 e. The van der Waals surface area contributed by atoms with Gasteiger partial charge in [-0.3, -0.25) is 14.6 Å². The molecular weight excluding hydrogens is 440 g/mol. The van der Waals surface area contributed by atoms with E-state index in [0.717, 1.165) is 11.8 Å². The van der Waals surface area contributed by atoms with Crippen LogP contribution in [0.2, 0.25) is 0 Å². The van der Waals surface area contributed by atoms with Crippen molar-refractivity contribution in [2.75, 3.05) is 18.0 Å². The van der Waals surface area contributed by atoms with Crippen molar-refractivity contribution in [3.05, 3.63) is 51.3 Å². The standard InChI is InChI=1S/C22H26F4N6O/c1-11-10-32(20-18-19(13(3)28-29-18)30(5)21(33)27-20)12(2)9-31(11)14(4)16-7-6-15(23)8-17(16)22(24,25)26/h6-8,11-12,14H,9-10H2,1-5H3,(H,28,29)/t11-,12+,14?/m1/s1. The molecule has 3 heterocycles. The van der Waals surface area contributed by atoms with E-state index in [0.29, 0.717) is 36.0 Å². The molecule has 3 aromatic rings. The lowest BCUT2D eigenvalue weighted by Gasteiger charge is -2.47. The highest BCUT2D eigenvalue weighted by Gasteiger charge is 2.39. The number of halogens is 4. The molecule has 0 spiro atoms. The number of rotatable bonds is 3. The molecule has 1 unspecified atom stereocenters. The lowest BCUT2D eigenvalue weighted by Crippen LogP contribution is -2.57. The number of piperazine rings is 1. The Morgan fingerprint density at radius 2 is 1.88 bits per heavy atom. The molecule has 4 rings (SSSR count). The molecule has 1 aliphatic rings. The van der Waals surface area contributed by atoms with Gasteiger partial charge >= 0.3 is 11.9 Å². The highest BCUT2D eigenvalue weighted by atomic mass is 19.4. The Morgan fingerprint density at radius 3 is 2.55 bits per heavy atom. The average molecular weight is 466 g/mol. The van der Waals surface area contributed by atoms with Crippen molar-refractivity contribution >= 4 is 16.9 Å². The third-order valence-electron chi connectivity index (χ3n) is 6.53. The fourth-order valence-electron chi connectivity index (χ4n) is 4.81. The zero-order chi connectivity index (χ0) is 24.2. The SMILES string of the molecule is Cc1[nH]nc2c(N3C[C@@H](C)N(C(C)c4ccc(F)cc4C(F)(F)F)C[C@@H]3C)nc(=O)n(C)c12. The van der Waals surface area contributed by atoms with Crippen molar-refractivity contribution in [1.82, 2.24) is 24.6 Å². The Bertz CT molecular complexity index is 1250. The van der Waals surface area contributed by atoms with Gasteiger partial charge < -0.3 is 4.90 Å². The zero-order valence-electron chi connectivity index (χ0n) is 19.0. The number of fused-ring (bicyclic) bond motifs is 1. The molecule has 0 saturated carbocycles. The summed E-state index contributed by atoms with van der Waals surface area (Å²) in [6.07, 6.45) is -4.65. The van der Waals surface area contributed by atoms with Gasteiger partial charge in [0.1, 0.15) is 5.82 Å². The van der Waals surface area contributed by atoms with E-state index in [1.807, 2.05) is 30.6 Å². The Morgan fingerprint density at radius 1 is 1.18 bits per heavy atom. The molecule has 3 atom stereocenters. The van der Waals surface area contributed by atoms with E-state index >= 15 is 0 Å². The quantitative estimate of drug-likeness (QED) is 0.595. The molecule has 1 fully saturated rings. The highest BCUT2D eigenvalue weighted by molar-refractivity contribution is 5.87. The van der Waals surface area contributed by atoms with Gasteiger partial charge in [0.2, 0.25) is 0 Å². The first-order valence-corrected chi connectivity index (χ1v) is 10.7. The molecular formula is C22H26F4N6O. The minimum Gasteiger partial charge on any atom is -0.349 e. The minimum atomic E-state index is -4.65. The summed E-state index contributed by atoms with van der Waals surface area (Å²) in [5, 5.41) is 7.24. The highest BCUT2D eigenvalue weighted by Crippen LogP contribution is 2.38. The minimum absolute atomic E-state index is 0.0356. The maximum absolute atomic E-state index is 13.6. The number of alkyl halides is 3. The first-order chi connectivity index (χ1) is 15.4. The molecule has 1 aromatic carbocycles. The van der Waals surface area contributed by atoms with Crippen LogP contribution in [0.15, 0.2) is 23.0 Å². The predicted molar refractivity (Wildman–Crippen MR) is 117 cm³/mol. The third-order valence-corrected chi connectivity index (χ3v) is 6.53. The largest absolute Gasteiger partial charge is 0.416 e. The summed E-state index contributed by atoms with van der Waals surface area (Å²) in [6, 6.07) is 1.92. The van der Waals surface area contributed by atoms with Gasteiger partial charge in [-0.25, -0.2) is 9.18 Å². The number of hydrogen-bond donors (Lipinski definition) is 1. The predicted octanol–water partition coefficient (Wildman–Crippen LogP) is 3.78. The second-order valence-corrected chi connectivity index (χ2v) is 8.78. The van der Waals surface area contributed by atoms with Crippen LogP contribution in [0, 0.1) is 12.7 Å². The van der Waals surface area contributed by atoms with Crippen molar-refractivity contribution in [3.8, 4) is 0 Å². The van der Waals surface area contributed by atoms with Gasteiger partial charge in [0, 0.05) is 38.3 Å². The number of H-pyrrole nitrogens is 1. The van der Waals surface area contributed by atoms with E-state index in [-0.39, 0.29) is 17.6 Å². The van der Waals surface area contributed by atoms with Crippen LogP contribution in [-0.4, -0.2) is 49.8 Å². The second kappa shape index (κ2) is 8.12. The van der Waals surface area contributed by atoms with Crippen molar-refractivity contribution in [2.24, 2.45) is 7.05 Å². The van der Waals surface area contributed by atoms with E-state index in [9.17, 15) is 22.4 Å². The zero-order valence-corrected chi connectivity index (χ0v) is 19.0. The Kier molecular flexibility index (Phi) is 5.71. The number of aryl methyl sites for hydroxylation is 2. The Labute approximate surface area is 188 Å². The smallest absolute Gasteiger partial charge is 0.349 e. The topological polar surface area (TPSA) is 70.1 Å². The first-order valence-electron chi connectivity index (χ1n) is 10.7. The Hall–Kier alpha value is -2.95. The second-order valence-electron chi connectivity index (χ2n) is 8.78. The van der Waals surface area contributed by atoms with Crippen LogP contribution in [0.4, 0.5) is 23.4 Å². The summed E-state index contributed by atoms with van der Waals surface area (Å²) in [6.45, 7) is 8.25. The molecule has 178 valence electrons. The number of hydrogen-bond acceptors (Lipinski definition) is 5.